The number of hydrogen-bond donors (Lipinski definition) is 1. The van der Waals surface area contributed by atoms with Crippen molar-refractivity contribution in [2.45, 2.75) is 45.4 Å². The molecule has 0 heterocycles. The highest BCUT2D eigenvalue weighted by Crippen LogP contribution is 2.04. The Hall–Kier alpha value is -1.57. The van der Waals surface area contributed by atoms with Gasteiger partial charge in [0, 0.05) is 12.6 Å². The molecule has 2 nitrogen and oxygen atoms in total. The second-order valence-electron chi connectivity index (χ2n) is 4.80. The van der Waals surface area contributed by atoms with E-state index in [1.54, 1.807) is 6.08 Å². The summed E-state index contributed by atoms with van der Waals surface area (Å²) in [6.45, 7) is 3.00. The average molecular weight is 259 g/mol. The van der Waals surface area contributed by atoms with Crippen LogP contribution in [0.4, 0.5) is 0 Å². The highest BCUT2D eigenvalue weighted by atomic mass is 16.1. The lowest BCUT2D eigenvalue weighted by molar-refractivity contribution is -0.116. The van der Waals surface area contributed by atoms with Crippen molar-refractivity contribution in [3.8, 4) is 0 Å². The Balaban J connectivity index is 2.07. The Kier molecular flexibility index (Phi) is 8.45. The maximum atomic E-state index is 11.6. The number of rotatable bonds is 9. The summed E-state index contributed by atoms with van der Waals surface area (Å²) >= 11 is 0. The summed E-state index contributed by atoms with van der Waals surface area (Å²) in [6, 6.07) is 9.87. The van der Waals surface area contributed by atoms with Crippen molar-refractivity contribution in [1.82, 2.24) is 5.32 Å². The molecule has 0 radical (unpaired) electrons. The Labute approximate surface area is 116 Å². The van der Waals surface area contributed by atoms with Gasteiger partial charge >= 0.3 is 0 Å². The van der Waals surface area contributed by atoms with Crippen molar-refractivity contribution in [1.29, 1.82) is 0 Å². The maximum Gasteiger partial charge on any atom is 0.243 e. The van der Waals surface area contributed by atoms with Crippen LogP contribution in [0.1, 0.15) is 51.0 Å². The molecule has 2 heteroatoms. The fourth-order valence-corrected chi connectivity index (χ4v) is 1.91. The number of hydrogen-bond acceptors (Lipinski definition) is 1. The van der Waals surface area contributed by atoms with E-state index < -0.39 is 0 Å². The van der Waals surface area contributed by atoms with Crippen molar-refractivity contribution < 1.29 is 4.79 Å². The van der Waals surface area contributed by atoms with Gasteiger partial charge in [0.05, 0.1) is 0 Å². The van der Waals surface area contributed by atoms with Crippen molar-refractivity contribution in [2.75, 3.05) is 6.54 Å². The van der Waals surface area contributed by atoms with Gasteiger partial charge in [0.25, 0.3) is 0 Å². The Bertz CT molecular complexity index is 370. The lowest BCUT2D eigenvalue weighted by atomic mass is 10.1. The molecule has 0 aromatic heterocycles. The second kappa shape index (κ2) is 10.4. The molecule has 1 aromatic rings. The van der Waals surface area contributed by atoms with Crippen molar-refractivity contribution in [2.24, 2.45) is 0 Å². The Morgan fingerprint density at radius 2 is 1.74 bits per heavy atom. The average Bonchev–Trinajstić information content (AvgIpc) is 2.45. The molecule has 0 aliphatic rings. The van der Waals surface area contributed by atoms with E-state index in [2.05, 4.69) is 12.2 Å². The van der Waals surface area contributed by atoms with Gasteiger partial charge in [-0.25, -0.2) is 0 Å². The standard InChI is InChI=1S/C17H25NO/c1-2-3-4-5-6-10-15-18-17(19)14-13-16-11-8-7-9-12-16/h7-9,11-14H,2-6,10,15H2,1H3,(H,18,19)/b14-13+. The van der Waals surface area contributed by atoms with E-state index in [1.165, 1.54) is 32.1 Å². The van der Waals surface area contributed by atoms with Gasteiger partial charge in [-0.2, -0.15) is 0 Å². The minimum atomic E-state index is -0.00240. The Morgan fingerprint density at radius 1 is 1.05 bits per heavy atom. The summed E-state index contributed by atoms with van der Waals surface area (Å²) in [7, 11) is 0. The molecule has 0 aliphatic carbocycles. The fourth-order valence-electron chi connectivity index (χ4n) is 1.91. The van der Waals surface area contributed by atoms with E-state index in [1.807, 2.05) is 36.4 Å². The van der Waals surface area contributed by atoms with E-state index in [-0.39, 0.29) is 5.91 Å². The highest BCUT2D eigenvalue weighted by molar-refractivity contribution is 5.91. The maximum absolute atomic E-state index is 11.6. The van der Waals surface area contributed by atoms with Gasteiger partial charge in [-0.3, -0.25) is 4.79 Å². The summed E-state index contributed by atoms with van der Waals surface area (Å²) < 4.78 is 0. The number of carbonyl (C=O) groups excluding carboxylic acids is 1. The molecule has 1 aromatic carbocycles. The van der Waals surface area contributed by atoms with Gasteiger partial charge in [-0.1, -0.05) is 69.4 Å². The molecule has 0 atom stereocenters. The molecule has 0 aliphatic heterocycles. The van der Waals surface area contributed by atoms with E-state index in [0.717, 1.165) is 18.5 Å². The van der Waals surface area contributed by atoms with Crippen LogP contribution in [0.2, 0.25) is 0 Å². The van der Waals surface area contributed by atoms with Gasteiger partial charge < -0.3 is 5.32 Å². The summed E-state index contributed by atoms with van der Waals surface area (Å²) in [6.07, 6.45) is 10.9. The quantitative estimate of drug-likeness (QED) is 0.523. The molecule has 0 unspecified atom stereocenters. The van der Waals surface area contributed by atoms with Crippen LogP contribution in [0.25, 0.3) is 6.08 Å². The SMILES string of the molecule is CCCCCCCCNC(=O)/C=C/c1ccccc1. The zero-order valence-electron chi connectivity index (χ0n) is 11.9. The first-order chi connectivity index (χ1) is 9.33. The zero-order valence-corrected chi connectivity index (χ0v) is 11.9. The predicted octanol–water partition coefficient (Wildman–Crippen LogP) is 4.18. The van der Waals surface area contributed by atoms with Gasteiger partial charge in [0.2, 0.25) is 5.91 Å². The minimum Gasteiger partial charge on any atom is -0.353 e. The molecular formula is C17H25NO. The summed E-state index contributed by atoms with van der Waals surface area (Å²) in [5, 5.41) is 2.92. The first-order valence-electron chi connectivity index (χ1n) is 7.34. The van der Waals surface area contributed by atoms with Crippen LogP contribution < -0.4 is 5.32 Å². The lowest BCUT2D eigenvalue weighted by Crippen LogP contribution is -2.21. The summed E-state index contributed by atoms with van der Waals surface area (Å²) in [5.74, 6) is -0.00240. The summed E-state index contributed by atoms with van der Waals surface area (Å²) in [4.78, 5) is 11.6. The topological polar surface area (TPSA) is 29.1 Å². The number of benzene rings is 1. The fraction of sp³-hybridized carbons (Fsp3) is 0.471. The van der Waals surface area contributed by atoms with Crippen LogP contribution in [-0.2, 0) is 4.79 Å². The summed E-state index contributed by atoms with van der Waals surface area (Å²) in [5.41, 5.74) is 1.05. The van der Waals surface area contributed by atoms with E-state index in [9.17, 15) is 4.79 Å². The zero-order chi connectivity index (χ0) is 13.8. The molecule has 0 bridgehead atoms. The number of carbonyl (C=O) groups is 1. The first-order valence-corrected chi connectivity index (χ1v) is 7.34. The third-order valence-corrected chi connectivity index (χ3v) is 3.06. The number of nitrogens with one attached hydrogen (secondary N) is 1. The van der Waals surface area contributed by atoms with Crippen molar-refractivity contribution in [3.05, 3.63) is 42.0 Å². The molecule has 0 saturated carbocycles. The third-order valence-electron chi connectivity index (χ3n) is 3.06. The van der Waals surface area contributed by atoms with E-state index >= 15 is 0 Å². The van der Waals surface area contributed by atoms with E-state index in [0.29, 0.717) is 0 Å². The largest absolute Gasteiger partial charge is 0.353 e. The van der Waals surface area contributed by atoms with Gasteiger partial charge in [-0.15, -0.1) is 0 Å². The molecule has 19 heavy (non-hydrogen) atoms. The normalized spacial score (nSPS) is 10.8. The smallest absolute Gasteiger partial charge is 0.243 e. The van der Waals surface area contributed by atoms with E-state index in [4.69, 9.17) is 0 Å². The predicted molar refractivity (Wildman–Crippen MR) is 81.9 cm³/mol. The van der Waals surface area contributed by atoms with Crippen molar-refractivity contribution in [3.63, 3.8) is 0 Å². The molecule has 1 rings (SSSR count). The van der Waals surface area contributed by atoms with Gasteiger partial charge in [0.1, 0.15) is 0 Å². The van der Waals surface area contributed by atoms with Gasteiger partial charge in [-0.05, 0) is 18.1 Å². The van der Waals surface area contributed by atoms with Crippen LogP contribution in [0.3, 0.4) is 0 Å². The molecule has 0 spiro atoms. The molecule has 0 fully saturated rings. The molecule has 0 saturated heterocycles. The Morgan fingerprint density at radius 3 is 2.47 bits per heavy atom. The van der Waals surface area contributed by atoms with Crippen LogP contribution in [0, 0.1) is 0 Å². The van der Waals surface area contributed by atoms with Gasteiger partial charge in [0.15, 0.2) is 0 Å². The first kappa shape index (κ1) is 15.5. The molecular weight excluding hydrogens is 234 g/mol. The number of unbranched alkanes of at least 4 members (excludes halogenated alkanes) is 5. The highest BCUT2D eigenvalue weighted by Gasteiger charge is 1.95. The van der Waals surface area contributed by atoms with Crippen LogP contribution >= 0.6 is 0 Å². The van der Waals surface area contributed by atoms with Crippen LogP contribution in [-0.4, -0.2) is 12.5 Å². The molecule has 1 amide bonds. The lowest BCUT2D eigenvalue weighted by Gasteiger charge is -2.02. The third kappa shape index (κ3) is 8.20. The minimum absolute atomic E-state index is 0.00240. The number of amides is 1. The van der Waals surface area contributed by atoms with Crippen molar-refractivity contribution >= 4 is 12.0 Å². The molecule has 104 valence electrons. The second-order valence-corrected chi connectivity index (χ2v) is 4.80. The molecule has 1 N–H and O–H groups in total. The monoisotopic (exact) mass is 259 g/mol. The van der Waals surface area contributed by atoms with Crippen LogP contribution in [0.15, 0.2) is 36.4 Å². The van der Waals surface area contributed by atoms with Crippen LogP contribution in [0.5, 0.6) is 0 Å².